The van der Waals surface area contributed by atoms with Gasteiger partial charge in [-0.1, -0.05) is 12.8 Å². The highest BCUT2D eigenvalue weighted by Crippen LogP contribution is 2.37. The van der Waals surface area contributed by atoms with Gasteiger partial charge < -0.3 is 9.30 Å². The third-order valence-electron chi connectivity index (χ3n) is 5.50. The highest BCUT2D eigenvalue weighted by atomic mass is 16.5. The molecule has 0 amide bonds. The van der Waals surface area contributed by atoms with Crippen molar-refractivity contribution in [2.24, 2.45) is 0 Å². The first-order valence-electron chi connectivity index (χ1n) is 9.07. The third-order valence-corrected chi connectivity index (χ3v) is 5.50. The lowest BCUT2D eigenvalue weighted by molar-refractivity contribution is 0.0525. The van der Waals surface area contributed by atoms with Gasteiger partial charge in [0.15, 0.2) is 0 Å². The first-order chi connectivity index (χ1) is 10.8. The van der Waals surface area contributed by atoms with Crippen molar-refractivity contribution in [2.75, 3.05) is 13.2 Å². The van der Waals surface area contributed by atoms with Crippen LogP contribution in [0.3, 0.4) is 0 Å². The quantitative estimate of drug-likeness (QED) is 0.810. The number of aromatic nitrogens is 3. The molecule has 1 atom stereocenters. The van der Waals surface area contributed by atoms with E-state index in [-0.39, 0.29) is 0 Å². The van der Waals surface area contributed by atoms with Gasteiger partial charge in [0.05, 0.1) is 12.6 Å². The van der Waals surface area contributed by atoms with Crippen LogP contribution in [0.1, 0.15) is 69.1 Å². The summed E-state index contributed by atoms with van der Waals surface area (Å²) in [5, 5.41) is 8.84. The number of ether oxygens (including phenoxy) is 1. The zero-order valence-electron chi connectivity index (χ0n) is 13.7. The molecule has 1 aliphatic heterocycles. The number of nitrogens with zero attached hydrogens (tertiary/aromatic N) is 4. The number of hydrogen-bond donors (Lipinski definition) is 0. The van der Waals surface area contributed by atoms with Gasteiger partial charge >= 0.3 is 0 Å². The molecule has 0 N–H and O–H groups in total. The van der Waals surface area contributed by atoms with E-state index in [4.69, 9.17) is 4.74 Å². The van der Waals surface area contributed by atoms with Crippen molar-refractivity contribution in [1.82, 2.24) is 19.7 Å². The van der Waals surface area contributed by atoms with Crippen LogP contribution >= 0.6 is 0 Å². The average molecular weight is 304 g/mol. The number of rotatable bonds is 6. The number of hydrogen-bond acceptors (Lipinski definition) is 4. The summed E-state index contributed by atoms with van der Waals surface area (Å²) in [6.45, 7) is 5.05. The van der Waals surface area contributed by atoms with Gasteiger partial charge in [0.1, 0.15) is 11.6 Å². The van der Waals surface area contributed by atoms with Crippen molar-refractivity contribution < 1.29 is 4.74 Å². The maximum atomic E-state index is 5.89. The molecule has 1 aromatic rings. The fourth-order valence-corrected chi connectivity index (χ4v) is 4.17. The predicted molar refractivity (Wildman–Crippen MR) is 84.7 cm³/mol. The summed E-state index contributed by atoms with van der Waals surface area (Å²) in [6.07, 6.45) is 10.9. The Labute approximate surface area is 133 Å². The molecule has 3 aliphatic rings. The van der Waals surface area contributed by atoms with Crippen LogP contribution < -0.4 is 0 Å². The van der Waals surface area contributed by atoms with E-state index in [1.807, 2.05) is 0 Å². The molecule has 2 aliphatic carbocycles. The van der Waals surface area contributed by atoms with Crippen molar-refractivity contribution in [2.45, 2.75) is 83.0 Å². The SMILES string of the molecule is Cc1nnc(CN(CC2CCCO2)C2CCCC2)n1C1CC1. The van der Waals surface area contributed by atoms with Crippen LogP contribution in [0.4, 0.5) is 0 Å². The van der Waals surface area contributed by atoms with Gasteiger partial charge in [-0.3, -0.25) is 4.90 Å². The third kappa shape index (κ3) is 3.06. The first kappa shape index (κ1) is 14.6. The summed E-state index contributed by atoms with van der Waals surface area (Å²) in [4.78, 5) is 2.64. The second-order valence-corrected chi connectivity index (χ2v) is 7.27. The van der Waals surface area contributed by atoms with E-state index in [0.29, 0.717) is 18.2 Å². The zero-order valence-corrected chi connectivity index (χ0v) is 13.7. The molecule has 1 aromatic heterocycles. The average Bonchev–Trinajstić information content (AvgIpc) is 2.97. The lowest BCUT2D eigenvalue weighted by Crippen LogP contribution is -2.39. The molecule has 0 bridgehead atoms. The minimum absolute atomic E-state index is 0.430. The molecule has 22 heavy (non-hydrogen) atoms. The van der Waals surface area contributed by atoms with Gasteiger partial charge in [-0.15, -0.1) is 10.2 Å². The Hall–Kier alpha value is -0.940. The Morgan fingerprint density at radius 2 is 1.91 bits per heavy atom. The topological polar surface area (TPSA) is 43.2 Å². The molecule has 1 unspecified atom stereocenters. The van der Waals surface area contributed by atoms with Crippen LogP contribution in [0.25, 0.3) is 0 Å². The van der Waals surface area contributed by atoms with Crippen LogP contribution in [0.15, 0.2) is 0 Å². The molecule has 1 saturated heterocycles. The second kappa shape index (κ2) is 6.28. The van der Waals surface area contributed by atoms with Crippen molar-refractivity contribution in [3.8, 4) is 0 Å². The van der Waals surface area contributed by atoms with Gasteiger partial charge in [-0.05, 0) is 45.4 Å². The standard InChI is InChI=1S/C17H28N4O/c1-13-18-19-17(21(13)15-8-9-15)12-20(14-5-2-3-6-14)11-16-7-4-10-22-16/h14-16H,2-12H2,1H3. The van der Waals surface area contributed by atoms with E-state index in [0.717, 1.165) is 25.5 Å². The fourth-order valence-electron chi connectivity index (χ4n) is 4.17. The minimum atomic E-state index is 0.430. The molecule has 5 nitrogen and oxygen atoms in total. The zero-order chi connectivity index (χ0) is 14.9. The molecule has 122 valence electrons. The Morgan fingerprint density at radius 3 is 2.59 bits per heavy atom. The van der Waals surface area contributed by atoms with Crippen LogP contribution in [0, 0.1) is 6.92 Å². The first-order valence-corrected chi connectivity index (χ1v) is 9.07. The van der Waals surface area contributed by atoms with Crippen molar-refractivity contribution in [1.29, 1.82) is 0 Å². The van der Waals surface area contributed by atoms with Crippen LogP contribution in [-0.2, 0) is 11.3 Å². The van der Waals surface area contributed by atoms with E-state index < -0.39 is 0 Å². The van der Waals surface area contributed by atoms with E-state index >= 15 is 0 Å². The summed E-state index contributed by atoms with van der Waals surface area (Å²) >= 11 is 0. The van der Waals surface area contributed by atoms with Crippen molar-refractivity contribution >= 4 is 0 Å². The predicted octanol–water partition coefficient (Wildman–Crippen LogP) is 2.85. The van der Waals surface area contributed by atoms with E-state index in [1.165, 1.54) is 57.2 Å². The lowest BCUT2D eigenvalue weighted by Gasteiger charge is -2.30. The Morgan fingerprint density at radius 1 is 1.09 bits per heavy atom. The number of aryl methyl sites for hydroxylation is 1. The molecule has 0 spiro atoms. The van der Waals surface area contributed by atoms with Gasteiger partial charge in [-0.25, -0.2) is 0 Å². The molecule has 4 rings (SSSR count). The summed E-state index contributed by atoms with van der Waals surface area (Å²) in [6, 6.07) is 1.38. The molecule has 5 heteroatoms. The van der Waals surface area contributed by atoms with Crippen LogP contribution in [-0.4, -0.2) is 45.0 Å². The van der Waals surface area contributed by atoms with Gasteiger partial charge in [0.25, 0.3) is 0 Å². The second-order valence-electron chi connectivity index (χ2n) is 7.27. The summed E-state index contributed by atoms with van der Waals surface area (Å²) in [5.74, 6) is 2.26. The molecule has 3 fully saturated rings. The highest BCUT2D eigenvalue weighted by molar-refractivity contribution is 5.02. The van der Waals surface area contributed by atoms with Crippen LogP contribution in [0.2, 0.25) is 0 Å². The molecular weight excluding hydrogens is 276 g/mol. The molecular formula is C17H28N4O. The fraction of sp³-hybridized carbons (Fsp3) is 0.882. The van der Waals surface area contributed by atoms with Gasteiger partial charge in [-0.2, -0.15) is 0 Å². The van der Waals surface area contributed by atoms with Gasteiger partial charge in [0, 0.05) is 25.2 Å². The summed E-state index contributed by atoms with van der Waals surface area (Å²) in [5.41, 5.74) is 0. The normalized spacial score (nSPS) is 26.4. The smallest absolute Gasteiger partial charge is 0.147 e. The minimum Gasteiger partial charge on any atom is -0.377 e. The molecule has 0 radical (unpaired) electrons. The Kier molecular flexibility index (Phi) is 4.18. The molecule has 2 saturated carbocycles. The Bertz CT molecular complexity index is 499. The van der Waals surface area contributed by atoms with Crippen LogP contribution in [0.5, 0.6) is 0 Å². The van der Waals surface area contributed by atoms with Crippen molar-refractivity contribution in [3.63, 3.8) is 0 Å². The lowest BCUT2D eigenvalue weighted by atomic mass is 10.1. The molecule has 2 heterocycles. The Balaban J connectivity index is 1.49. The molecule has 0 aromatic carbocycles. The highest BCUT2D eigenvalue weighted by Gasteiger charge is 2.32. The maximum Gasteiger partial charge on any atom is 0.147 e. The largest absolute Gasteiger partial charge is 0.377 e. The summed E-state index contributed by atoms with van der Waals surface area (Å²) < 4.78 is 8.28. The maximum absolute atomic E-state index is 5.89. The van der Waals surface area contributed by atoms with Crippen molar-refractivity contribution in [3.05, 3.63) is 11.6 Å². The van der Waals surface area contributed by atoms with E-state index in [1.54, 1.807) is 0 Å². The van der Waals surface area contributed by atoms with Gasteiger partial charge in [0.2, 0.25) is 0 Å². The van der Waals surface area contributed by atoms with E-state index in [9.17, 15) is 0 Å². The summed E-state index contributed by atoms with van der Waals surface area (Å²) in [7, 11) is 0. The van der Waals surface area contributed by atoms with E-state index in [2.05, 4.69) is 26.6 Å². The monoisotopic (exact) mass is 304 g/mol.